The lowest BCUT2D eigenvalue weighted by Gasteiger charge is -2.07. The van der Waals surface area contributed by atoms with Gasteiger partial charge in [0.05, 0.1) is 0 Å². The van der Waals surface area contributed by atoms with Crippen LogP contribution in [0.5, 0.6) is 5.75 Å². The largest absolute Gasteiger partial charge is 0.478 e. The Bertz CT molecular complexity index is 423. The van der Waals surface area contributed by atoms with Crippen molar-refractivity contribution in [3.05, 3.63) is 29.8 Å². The fraction of sp³-hybridized carbons (Fsp3) is 0.273. The lowest BCUT2D eigenvalue weighted by Crippen LogP contribution is -2.00. The third kappa shape index (κ3) is 2.31. The van der Waals surface area contributed by atoms with Gasteiger partial charge in [-0.1, -0.05) is 12.1 Å². The zero-order chi connectivity index (χ0) is 10.5. The summed E-state index contributed by atoms with van der Waals surface area (Å²) in [5, 5.41) is 9.49. The van der Waals surface area contributed by atoms with Crippen molar-refractivity contribution in [2.24, 2.45) is 4.99 Å². The summed E-state index contributed by atoms with van der Waals surface area (Å²) in [6.07, 6.45) is 0. The second-order valence-electron chi connectivity index (χ2n) is 2.98. The molecule has 0 radical (unpaired) electrons. The van der Waals surface area contributed by atoms with Crippen LogP contribution in [0.15, 0.2) is 29.3 Å². The minimum Gasteiger partial charge on any atom is -0.478 e. The number of benzene rings is 1. The van der Waals surface area contributed by atoms with Gasteiger partial charge in [-0.15, -0.1) is 11.8 Å². The summed E-state index contributed by atoms with van der Waals surface area (Å²) in [4.78, 5) is 4.39. The fourth-order valence-corrected chi connectivity index (χ4v) is 2.26. The monoisotopic (exact) mass is 218 g/mol. The summed E-state index contributed by atoms with van der Waals surface area (Å²) in [7, 11) is 0. The standard InChI is InChI=1S/C11H10N2OS/c12-5-7-14-10-4-2-1-3-9(10)11-13-6-8-15-11/h1-4H,6-8H2. The van der Waals surface area contributed by atoms with Crippen molar-refractivity contribution in [1.82, 2.24) is 0 Å². The smallest absolute Gasteiger partial charge is 0.174 e. The molecule has 2 rings (SSSR count). The molecule has 76 valence electrons. The zero-order valence-electron chi connectivity index (χ0n) is 8.14. The summed E-state index contributed by atoms with van der Waals surface area (Å²) < 4.78 is 5.34. The molecule has 15 heavy (non-hydrogen) atoms. The maximum Gasteiger partial charge on any atom is 0.174 e. The molecule has 0 spiro atoms. The molecule has 1 heterocycles. The Morgan fingerprint density at radius 2 is 2.33 bits per heavy atom. The highest BCUT2D eigenvalue weighted by Crippen LogP contribution is 2.26. The third-order valence-electron chi connectivity index (χ3n) is 2.00. The van der Waals surface area contributed by atoms with E-state index >= 15 is 0 Å². The molecule has 0 saturated heterocycles. The summed E-state index contributed by atoms with van der Waals surface area (Å²) in [5.74, 6) is 1.77. The molecule has 4 heteroatoms. The minimum absolute atomic E-state index is 0.0783. The van der Waals surface area contributed by atoms with E-state index in [-0.39, 0.29) is 6.61 Å². The average molecular weight is 218 g/mol. The highest BCUT2D eigenvalue weighted by molar-refractivity contribution is 8.14. The number of nitrogens with zero attached hydrogens (tertiary/aromatic N) is 2. The molecule has 1 aromatic rings. The summed E-state index contributed by atoms with van der Waals surface area (Å²) in [6, 6.07) is 9.66. The number of hydrogen-bond acceptors (Lipinski definition) is 4. The Kier molecular flexibility index (Phi) is 3.25. The Morgan fingerprint density at radius 1 is 1.47 bits per heavy atom. The van der Waals surface area contributed by atoms with E-state index in [1.165, 1.54) is 0 Å². The van der Waals surface area contributed by atoms with Gasteiger partial charge >= 0.3 is 0 Å². The second kappa shape index (κ2) is 4.85. The second-order valence-corrected chi connectivity index (χ2v) is 4.06. The molecule has 0 saturated carbocycles. The van der Waals surface area contributed by atoms with E-state index < -0.39 is 0 Å². The van der Waals surface area contributed by atoms with Gasteiger partial charge in [-0.2, -0.15) is 5.26 Å². The van der Waals surface area contributed by atoms with Crippen molar-refractivity contribution in [2.45, 2.75) is 0 Å². The van der Waals surface area contributed by atoms with Gasteiger partial charge in [0, 0.05) is 17.9 Å². The third-order valence-corrected chi connectivity index (χ3v) is 3.00. The minimum atomic E-state index is 0.0783. The molecule has 0 bridgehead atoms. The van der Waals surface area contributed by atoms with Crippen LogP contribution >= 0.6 is 11.8 Å². The van der Waals surface area contributed by atoms with Gasteiger partial charge in [-0.25, -0.2) is 0 Å². The first kappa shape index (κ1) is 10.1. The highest BCUT2D eigenvalue weighted by Gasteiger charge is 2.13. The van der Waals surface area contributed by atoms with E-state index in [2.05, 4.69) is 4.99 Å². The number of para-hydroxylation sites is 1. The SMILES string of the molecule is N#CCOc1ccccc1C1=NCCS1. The van der Waals surface area contributed by atoms with Gasteiger partial charge in [0.2, 0.25) is 0 Å². The van der Waals surface area contributed by atoms with E-state index in [4.69, 9.17) is 10.00 Å². The number of thioether (sulfide) groups is 1. The van der Waals surface area contributed by atoms with Gasteiger partial charge in [0.25, 0.3) is 0 Å². The summed E-state index contributed by atoms with van der Waals surface area (Å²) in [5.41, 5.74) is 0.996. The molecule has 0 aromatic heterocycles. The van der Waals surface area contributed by atoms with E-state index in [1.54, 1.807) is 11.8 Å². The predicted octanol–water partition coefficient (Wildman–Crippen LogP) is 2.08. The van der Waals surface area contributed by atoms with Crippen LogP contribution in [0.1, 0.15) is 5.56 Å². The molecule has 3 nitrogen and oxygen atoms in total. The molecule has 1 aromatic carbocycles. The first-order valence-electron chi connectivity index (χ1n) is 4.68. The van der Waals surface area contributed by atoms with Gasteiger partial charge in [-0.3, -0.25) is 4.99 Å². The van der Waals surface area contributed by atoms with Crippen LogP contribution in [0.25, 0.3) is 0 Å². The Balaban J connectivity index is 2.25. The first-order valence-corrected chi connectivity index (χ1v) is 5.67. The molecule has 0 amide bonds. The van der Waals surface area contributed by atoms with E-state index in [0.717, 1.165) is 28.7 Å². The lowest BCUT2D eigenvalue weighted by molar-refractivity contribution is 0.367. The normalized spacial score (nSPS) is 14.5. The Morgan fingerprint density at radius 3 is 3.07 bits per heavy atom. The predicted molar refractivity (Wildman–Crippen MR) is 61.4 cm³/mol. The van der Waals surface area contributed by atoms with Gasteiger partial charge < -0.3 is 4.74 Å². The molecular formula is C11H10N2OS. The number of hydrogen-bond donors (Lipinski definition) is 0. The van der Waals surface area contributed by atoms with Gasteiger partial charge in [0.1, 0.15) is 16.9 Å². The van der Waals surface area contributed by atoms with Crippen molar-refractivity contribution in [3.8, 4) is 11.8 Å². The van der Waals surface area contributed by atoms with Crippen LogP contribution < -0.4 is 4.74 Å². The molecule has 0 fully saturated rings. The lowest BCUT2D eigenvalue weighted by atomic mass is 10.2. The molecule has 0 aliphatic carbocycles. The van der Waals surface area contributed by atoms with Crippen LogP contribution in [0.3, 0.4) is 0 Å². The van der Waals surface area contributed by atoms with Crippen molar-refractivity contribution in [2.75, 3.05) is 18.9 Å². The number of nitriles is 1. The molecule has 0 atom stereocenters. The van der Waals surface area contributed by atoms with Gasteiger partial charge in [0.15, 0.2) is 6.61 Å². The molecule has 1 aliphatic rings. The van der Waals surface area contributed by atoms with Crippen LogP contribution in [-0.2, 0) is 0 Å². The Labute approximate surface area is 92.8 Å². The topological polar surface area (TPSA) is 45.4 Å². The summed E-state index contributed by atoms with van der Waals surface area (Å²) >= 11 is 1.73. The highest BCUT2D eigenvalue weighted by atomic mass is 32.2. The molecule has 1 aliphatic heterocycles. The Hall–Kier alpha value is -1.47. The van der Waals surface area contributed by atoms with Crippen molar-refractivity contribution in [1.29, 1.82) is 5.26 Å². The average Bonchev–Trinajstić information content (AvgIpc) is 2.80. The van der Waals surface area contributed by atoms with Crippen LogP contribution in [0.4, 0.5) is 0 Å². The fourth-order valence-electron chi connectivity index (χ4n) is 1.38. The summed E-state index contributed by atoms with van der Waals surface area (Å²) in [6.45, 7) is 0.946. The number of aliphatic imine (C=N–C) groups is 1. The molecule has 0 unspecified atom stereocenters. The quantitative estimate of drug-likeness (QED) is 0.780. The molecular weight excluding hydrogens is 208 g/mol. The number of rotatable bonds is 3. The van der Waals surface area contributed by atoms with Crippen molar-refractivity contribution >= 4 is 16.8 Å². The maximum atomic E-state index is 8.47. The maximum absolute atomic E-state index is 8.47. The molecule has 0 N–H and O–H groups in total. The van der Waals surface area contributed by atoms with E-state index in [1.807, 2.05) is 30.3 Å². The van der Waals surface area contributed by atoms with E-state index in [9.17, 15) is 0 Å². The first-order chi connectivity index (χ1) is 7.42. The van der Waals surface area contributed by atoms with Crippen LogP contribution in [0.2, 0.25) is 0 Å². The van der Waals surface area contributed by atoms with Crippen LogP contribution in [0, 0.1) is 11.3 Å². The van der Waals surface area contributed by atoms with E-state index in [0.29, 0.717) is 0 Å². The number of ether oxygens (including phenoxy) is 1. The van der Waals surface area contributed by atoms with Gasteiger partial charge in [-0.05, 0) is 12.1 Å². The zero-order valence-corrected chi connectivity index (χ0v) is 8.96. The van der Waals surface area contributed by atoms with Crippen molar-refractivity contribution in [3.63, 3.8) is 0 Å². The van der Waals surface area contributed by atoms with Crippen molar-refractivity contribution < 1.29 is 4.74 Å². The van der Waals surface area contributed by atoms with Crippen LogP contribution in [-0.4, -0.2) is 23.9 Å².